The highest BCUT2D eigenvalue weighted by atomic mass is 19.2. The Morgan fingerprint density at radius 2 is 1.49 bits per heavy atom. The fourth-order valence-electron chi connectivity index (χ4n) is 6.66. The van der Waals surface area contributed by atoms with Crippen LogP contribution in [0, 0.1) is 29.3 Å². The van der Waals surface area contributed by atoms with Crippen molar-refractivity contribution in [3.05, 3.63) is 76.1 Å². The van der Waals surface area contributed by atoms with Crippen molar-refractivity contribution in [1.82, 2.24) is 0 Å². The molecule has 2 aromatic carbocycles. The number of rotatable bonds is 10. The van der Waals surface area contributed by atoms with Crippen molar-refractivity contribution < 1.29 is 13.2 Å². The number of hydrogen-bond acceptors (Lipinski definition) is 0. The fraction of sp³-hybridized carbons (Fsp3) is 0.588. The minimum atomic E-state index is -0.701. The molecule has 2 aliphatic rings. The number of halogens is 3. The highest BCUT2D eigenvalue weighted by molar-refractivity contribution is 5.52. The van der Waals surface area contributed by atoms with E-state index in [-0.39, 0.29) is 11.7 Å². The summed E-state index contributed by atoms with van der Waals surface area (Å²) in [7, 11) is 0. The molecule has 0 radical (unpaired) electrons. The third kappa shape index (κ3) is 7.30. The summed E-state index contributed by atoms with van der Waals surface area (Å²) in [5.74, 6) is 0.213. The van der Waals surface area contributed by atoms with Gasteiger partial charge < -0.3 is 0 Å². The van der Waals surface area contributed by atoms with Gasteiger partial charge in [0.05, 0.1) is 0 Å². The summed E-state index contributed by atoms with van der Waals surface area (Å²) in [6.45, 7) is 4.38. The van der Waals surface area contributed by atoms with Crippen LogP contribution in [-0.4, -0.2) is 0 Å². The topological polar surface area (TPSA) is 0 Å². The molecule has 2 saturated carbocycles. The number of benzene rings is 2. The summed E-state index contributed by atoms with van der Waals surface area (Å²) in [5.41, 5.74) is 2.85. The fourth-order valence-corrected chi connectivity index (χ4v) is 6.66. The SMILES string of the molecule is CCCCCc1ccc(C2CCC(/C=C/c3ccc(C4CCC(CCC)CC4)c(F)c3F)CC2)cc1F. The Labute approximate surface area is 222 Å². The molecule has 202 valence electrons. The Morgan fingerprint density at radius 3 is 2.16 bits per heavy atom. The molecule has 37 heavy (non-hydrogen) atoms. The molecule has 0 bridgehead atoms. The van der Waals surface area contributed by atoms with Crippen LogP contribution in [0.5, 0.6) is 0 Å². The van der Waals surface area contributed by atoms with Gasteiger partial charge in [-0.1, -0.05) is 75.9 Å². The van der Waals surface area contributed by atoms with Crippen LogP contribution in [0.1, 0.15) is 131 Å². The molecule has 0 unspecified atom stereocenters. The molecule has 0 spiro atoms. The Hall–Kier alpha value is -2.03. The first-order valence-corrected chi connectivity index (χ1v) is 14.9. The first kappa shape index (κ1) is 28.0. The molecule has 0 amide bonds. The maximum absolute atomic E-state index is 15.0. The zero-order valence-corrected chi connectivity index (χ0v) is 22.9. The molecular weight excluding hydrogens is 465 g/mol. The van der Waals surface area contributed by atoms with Gasteiger partial charge in [0, 0.05) is 5.56 Å². The molecule has 3 heteroatoms. The molecule has 2 aliphatic carbocycles. The van der Waals surface area contributed by atoms with Crippen LogP contribution in [0.2, 0.25) is 0 Å². The summed E-state index contributed by atoms with van der Waals surface area (Å²) in [4.78, 5) is 0. The predicted octanol–water partition coefficient (Wildman–Crippen LogP) is 10.9. The Morgan fingerprint density at radius 1 is 0.757 bits per heavy atom. The second kappa shape index (κ2) is 13.7. The highest BCUT2D eigenvalue weighted by Gasteiger charge is 2.26. The smallest absolute Gasteiger partial charge is 0.166 e. The first-order chi connectivity index (χ1) is 18.0. The van der Waals surface area contributed by atoms with Gasteiger partial charge >= 0.3 is 0 Å². The van der Waals surface area contributed by atoms with Crippen molar-refractivity contribution in [3.8, 4) is 0 Å². The largest absolute Gasteiger partial charge is 0.207 e. The molecule has 2 fully saturated rings. The molecule has 0 nitrogen and oxygen atoms in total. The third-order valence-corrected chi connectivity index (χ3v) is 9.04. The van der Waals surface area contributed by atoms with Crippen molar-refractivity contribution >= 4 is 6.08 Å². The number of allylic oxidation sites excluding steroid dienone is 1. The van der Waals surface area contributed by atoms with Gasteiger partial charge in [-0.2, -0.15) is 0 Å². The van der Waals surface area contributed by atoms with Crippen LogP contribution < -0.4 is 0 Å². The number of unbranched alkanes of at least 4 members (excludes halogenated alkanes) is 2. The summed E-state index contributed by atoms with van der Waals surface area (Å²) >= 11 is 0. The van der Waals surface area contributed by atoms with Gasteiger partial charge in [-0.25, -0.2) is 13.2 Å². The summed E-state index contributed by atoms with van der Waals surface area (Å²) in [5, 5.41) is 0. The van der Waals surface area contributed by atoms with Crippen molar-refractivity contribution in [2.24, 2.45) is 11.8 Å². The average molecular weight is 511 g/mol. The standard InChI is InChI=1S/C34H45F3/c1-3-5-6-8-28-19-20-30(23-32(28)35)26-14-9-25(10-15-26)13-18-29-21-22-31(34(37)33(29)36)27-16-11-24(7-4-2)12-17-27/h13,18-27H,3-12,14-17H2,1-2H3/b18-13+. The number of hydrogen-bond donors (Lipinski definition) is 0. The average Bonchev–Trinajstić information content (AvgIpc) is 2.92. The van der Waals surface area contributed by atoms with E-state index in [1.165, 1.54) is 12.8 Å². The lowest BCUT2D eigenvalue weighted by atomic mass is 9.77. The Balaban J connectivity index is 1.31. The minimum Gasteiger partial charge on any atom is -0.207 e. The van der Waals surface area contributed by atoms with Crippen molar-refractivity contribution in [3.63, 3.8) is 0 Å². The van der Waals surface area contributed by atoms with Crippen LogP contribution >= 0.6 is 0 Å². The molecular formula is C34H45F3. The molecule has 4 rings (SSSR count). The van der Waals surface area contributed by atoms with Gasteiger partial charge in [-0.05, 0) is 111 Å². The van der Waals surface area contributed by atoms with Gasteiger partial charge in [-0.3, -0.25) is 0 Å². The van der Waals surface area contributed by atoms with Gasteiger partial charge in [0.25, 0.3) is 0 Å². The normalized spacial score (nSPS) is 24.6. The third-order valence-electron chi connectivity index (χ3n) is 9.04. The first-order valence-electron chi connectivity index (χ1n) is 14.9. The predicted molar refractivity (Wildman–Crippen MR) is 149 cm³/mol. The van der Waals surface area contributed by atoms with Gasteiger partial charge in [0.1, 0.15) is 5.82 Å². The zero-order chi connectivity index (χ0) is 26.2. The summed E-state index contributed by atoms with van der Waals surface area (Å²) < 4.78 is 44.6. The highest BCUT2D eigenvalue weighted by Crippen LogP contribution is 2.40. The quantitative estimate of drug-likeness (QED) is 0.279. The van der Waals surface area contributed by atoms with Crippen molar-refractivity contribution in [2.75, 3.05) is 0 Å². The second-order valence-electron chi connectivity index (χ2n) is 11.7. The van der Waals surface area contributed by atoms with E-state index in [1.807, 2.05) is 12.1 Å². The van der Waals surface area contributed by atoms with E-state index in [0.717, 1.165) is 94.1 Å². The maximum Gasteiger partial charge on any atom is 0.166 e. The second-order valence-corrected chi connectivity index (χ2v) is 11.7. The summed E-state index contributed by atoms with van der Waals surface area (Å²) in [6.07, 6.45) is 18.6. The monoisotopic (exact) mass is 510 g/mol. The summed E-state index contributed by atoms with van der Waals surface area (Å²) in [6, 6.07) is 9.42. The van der Waals surface area contributed by atoms with Crippen LogP contribution in [0.15, 0.2) is 36.4 Å². The van der Waals surface area contributed by atoms with E-state index in [4.69, 9.17) is 0 Å². The van der Waals surface area contributed by atoms with E-state index in [2.05, 4.69) is 26.0 Å². The van der Waals surface area contributed by atoms with Crippen LogP contribution in [0.25, 0.3) is 6.08 Å². The zero-order valence-electron chi connectivity index (χ0n) is 22.9. The molecule has 0 atom stereocenters. The molecule has 2 aromatic rings. The Kier molecular flexibility index (Phi) is 10.3. The van der Waals surface area contributed by atoms with E-state index < -0.39 is 11.6 Å². The van der Waals surface area contributed by atoms with Crippen LogP contribution in [0.3, 0.4) is 0 Å². The van der Waals surface area contributed by atoms with E-state index in [9.17, 15) is 8.78 Å². The Bertz CT molecular complexity index is 1020. The lowest BCUT2D eigenvalue weighted by Gasteiger charge is -2.29. The number of aryl methyl sites for hydroxylation is 1. The lowest BCUT2D eigenvalue weighted by molar-refractivity contribution is 0.303. The van der Waals surface area contributed by atoms with E-state index in [0.29, 0.717) is 23.0 Å². The maximum atomic E-state index is 15.0. The molecule has 0 aliphatic heterocycles. The molecule has 0 N–H and O–H groups in total. The molecule has 0 aromatic heterocycles. The van der Waals surface area contributed by atoms with Crippen LogP contribution in [-0.2, 0) is 6.42 Å². The van der Waals surface area contributed by atoms with Crippen molar-refractivity contribution in [2.45, 2.75) is 116 Å². The molecule has 0 heterocycles. The van der Waals surface area contributed by atoms with Crippen molar-refractivity contribution in [1.29, 1.82) is 0 Å². The molecule has 0 saturated heterocycles. The van der Waals surface area contributed by atoms with E-state index in [1.54, 1.807) is 18.2 Å². The van der Waals surface area contributed by atoms with Gasteiger partial charge in [-0.15, -0.1) is 0 Å². The van der Waals surface area contributed by atoms with Crippen LogP contribution in [0.4, 0.5) is 13.2 Å². The lowest BCUT2D eigenvalue weighted by Crippen LogP contribution is -2.15. The van der Waals surface area contributed by atoms with Gasteiger partial charge in [0.2, 0.25) is 0 Å². The minimum absolute atomic E-state index is 0.0643. The van der Waals surface area contributed by atoms with E-state index >= 15 is 4.39 Å². The van der Waals surface area contributed by atoms with Gasteiger partial charge in [0.15, 0.2) is 11.6 Å².